The van der Waals surface area contributed by atoms with Gasteiger partial charge < -0.3 is 15.8 Å². The Morgan fingerprint density at radius 3 is 2.62 bits per heavy atom. The van der Waals surface area contributed by atoms with Gasteiger partial charge in [-0.1, -0.05) is 15.9 Å². The van der Waals surface area contributed by atoms with Crippen LogP contribution in [-0.4, -0.2) is 12.5 Å². The number of carbonyl (C=O) groups is 1. The highest BCUT2D eigenvalue weighted by Gasteiger charge is 2.04. The highest BCUT2D eigenvalue weighted by atomic mass is 79.9. The summed E-state index contributed by atoms with van der Waals surface area (Å²) in [6.07, 6.45) is 0.288. The molecular formula is C16H17BrN2O2. The Bertz CT molecular complexity index is 606. The summed E-state index contributed by atoms with van der Waals surface area (Å²) in [6.45, 7) is 2.30. The lowest BCUT2D eigenvalue weighted by Gasteiger charge is -2.08. The van der Waals surface area contributed by atoms with Crippen molar-refractivity contribution in [3.05, 3.63) is 52.5 Å². The highest BCUT2D eigenvalue weighted by Crippen LogP contribution is 2.19. The van der Waals surface area contributed by atoms with Crippen molar-refractivity contribution in [3.8, 4) is 5.75 Å². The second-order valence-electron chi connectivity index (χ2n) is 4.73. The normalized spacial score (nSPS) is 10.2. The van der Waals surface area contributed by atoms with Crippen LogP contribution in [0.15, 0.2) is 46.9 Å². The monoisotopic (exact) mass is 348 g/mol. The van der Waals surface area contributed by atoms with Gasteiger partial charge in [0.2, 0.25) is 5.91 Å². The number of carbonyl (C=O) groups excluding carboxylic acids is 1. The molecule has 0 bridgehead atoms. The SMILES string of the molecule is Cc1cc(Br)cc(NC(=O)CCOc2ccc(N)cc2)c1. The second-order valence-corrected chi connectivity index (χ2v) is 5.65. The molecule has 0 fully saturated rings. The Labute approximate surface area is 132 Å². The minimum atomic E-state index is -0.0806. The van der Waals surface area contributed by atoms with Crippen molar-refractivity contribution in [2.24, 2.45) is 0 Å². The van der Waals surface area contributed by atoms with Gasteiger partial charge in [0.05, 0.1) is 13.0 Å². The van der Waals surface area contributed by atoms with Crippen molar-refractivity contribution >= 4 is 33.2 Å². The number of nitrogens with one attached hydrogen (secondary N) is 1. The summed E-state index contributed by atoms with van der Waals surface area (Å²) in [4.78, 5) is 11.9. The average Bonchev–Trinajstić information content (AvgIpc) is 2.39. The number of aryl methyl sites for hydroxylation is 1. The van der Waals surface area contributed by atoms with E-state index in [1.165, 1.54) is 0 Å². The van der Waals surface area contributed by atoms with E-state index in [0.29, 0.717) is 18.0 Å². The standard InChI is InChI=1S/C16H17BrN2O2/c1-11-8-12(17)10-14(9-11)19-16(20)6-7-21-15-4-2-13(18)3-5-15/h2-5,8-10H,6-7,18H2,1H3,(H,19,20). The van der Waals surface area contributed by atoms with Crippen molar-refractivity contribution in [1.82, 2.24) is 0 Å². The number of hydrogen-bond acceptors (Lipinski definition) is 3. The molecule has 0 aromatic heterocycles. The van der Waals surface area contributed by atoms with E-state index in [1.807, 2.05) is 25.1 Å². The van der Waals surface area contributed by atoms with Crippen LogP contribution in [0.4, 0.5) is 11.4 Å². The van der Waals surface area contributed by atoms with Gasteiger partial charge in [0.1, 0.15) is 5.75 Å². The van der Waals surface area contributed by atoms with Crippen LogP contribution < -0.4 is 15.8 Å². The largest absolute Gasteiger partial charge is 0.493 e. The van der Waals surface area contributed by atoms with Crippen LogP contribution in [0.25, 0.3) is 0 Å². The van der Waals surface area contributed by atoms with Crippen molar-refractivity contribution in [2.75, 3.05) is 17.7 Å². The number of hydrogen-bond donors (Lipinski definition) is 2. The summed E-state index contributed by atoms with van der Waals surface area (Å²) in [5.41, 5.74) is 8.13. The fourth-order valence-corrected chi connectivity index (χ4v) is 2.47. The fraction of sp³-hybridized carbons (Fsp3) is 0.188. The minimum absolute atomic E-state index is 0.0806. The van der Waals surface area contributed by atoms with Crippen LogP contribution in [0.5, 0.6) is 5.75 Å². The quantitative estimate of drug-likeness (QED) is 0.808. The third-order valence-electron chi connectivity index (χ3n) is 2.80. The number of ether oxygens (including phenoxy) is 1. The van der Waals surface area contributed by atoms with Gasteiger partial charge >= 0.3 is 0 Å². The molecule has 21 heavy (non-hydrogen) atoms. The molecule has 0 unspecified atom stereocenters. The molecule has 0 aliphatic heterocycles. The predicted molar refractivity (Wildman–Crippen MR) is 88.5 cm³/mol. The van der Waals surface area contributed by atoms with Gasteiger partial charge in [-0.3, -0.25) is 4.79 Å². The second kappa shape index (κ2) is 7.13. The minimum Gasteiger partial charge on any atom is -0.493 e. The van der Waals surface area contributed by atoms with E-state index in [1.54, 1.807) is 24.3 Å². The Morgan fingerprint density at radius 1 is 1.24 bits per heavy atom. The van der Waals surface area contributed by atoms with E-state index in [0.717, 1.165) is 15.7 Å². The molecule has 2 aromatic carbocycles. The van der Waals surface area contributed by atoms with Gasteiger partial charge in [0.25, 0.3) is 0 Å². The summed E-state index contributed by atoms with van der Waals surface area (Å²) in [6, 6.07) is 12.9. The molecule has 110 valence electrons. The maximum absolute atomic E-state index is 11.9. The zero-order chi connectivity index (χ0) is 15.2. The van der Waals surface area contributed by atoms with Gasteiger partial charge in [-0.05, 0) is 55.0 Å². The Kier molecular flexibility index (Phi) is 5.22. The van der Waals surface area contributed by atoms with Crippen LogP contribution in [0, 0.1) is 6.92 Å². The number of nitrogens with two attached hydrogens (primary N) is 1. The molecule has 0 saturated heterocycles. The number of halogens is 1. The van der Waals surface area contributed by atoms with E-state index in [4.69, 9.17) is 10.5 Å². The lowest BCUT2D eigenvalue weighted by atomic mass is 10.2. The summed E-state index contributed by atoms with van der Waals surface area (Å²) in [5.74, 6) is 0.623. The van der Waals surface area contributed by atoms with Crippen LogP contribution in [0.2, 0.25) is 0 Å². The Morgan fingerprint density at radius 2 is 1.95 bits per heavy atom. The van der Waals surface area contributed by atoms with Crippen LogP contribution in [-0.2, 0) is 4.79 Å². The molecule has 0 aliphatic rings. The molecule has 1 amide bonds. The molecule has 4 nitrogen and oxygen atoms in total. The van der Waals surface area contributed by atoms with Gasteiger partial charge in [-0.2, -0.15) is 0 Å². The third-order valence-corrected chi connectivity index (χ3v) is 3.26. The molecule has 5 heteroatoms. The number of benzene rings is 2. The van der Waals surface area contributed by atoms with Crippen LogP contribution in [0.1, 0.15) is 12.0 Å². The molecule has 0 aliphatic carbocycles. The van der Waals surface area contributed by atoms with Crippen LogP contribution >= 0.6 is 15.9 Å². The number of anilines is 2. The van der Waals surface area contributed by atoms with E-state index < -0.39 is 0 Å². The van der Waals surface area contributed by atoms with Crippen LogP contribution in [0.3, 0.4) is 0 Å². The van der Waals surface area contributed by atoms with Gasteiger partial charge in [-0.15, -0.1) is 0 Å². The summed E-state index contributed by atoms with van der Waals surface area (Å²) in [5, 5.41) is 2.85. The highest BCUT2D eigenvalue weighted by molar-refractivity contribution is 9.10. The maximum atomic E-state index is 11.9. The fourth-order valence-electron chi connectivity index (χ4n) is 1.86. The van der Waals surface area contributed by atoms with E-state index in [-0.39, 0.29) is 12.3 Å². The van der Waals surface area contributed by atoms with Crippen molar-refractivity contribution in [2.45, 2.75) is 13.3 Å². The van der Waals surface area contributed by atoms with E-state index >= 15 is 0 Å². The first-order chi connectivity index (χ1) is 10.0. The molecule has 0 radical (unpaired) electrons. The van der Waals surface area contributed by atoms with Gasteiger partial charge in [0.15, 0.2) is 0 Å². The first-order valence-corrected chi connectivity index (χ1v) is 7.37. The number of rotatable bonds is 5. The molecule has 3 N–H and O–H groups in total. The average molecular weight is 349 g/mol. The number of amides is 1. The third kappa shape index (κ3) is 5.11. The summed E-state index contributed by atoms with van der Waals surface area (Å²) < 4.78 is 6.43. The summed E-state index contributed by atoms with van der Waals surface area (Å²) >= 11 is 3.41. The van der Waals surface area contributed by atoms with Gasteiger partial charge in [-0.25, -0.2) is 0 Å². The first kappa shape index (κ1) is 15.4. The smallest absolute Gasteiger partial charge is 0.227 e. The summed E-state index contributed by atoms with van der Waals surface area (Å²) in [7, 11) is 0. The lowest BCUT2D eigenvalue weighted by Crippen LogP contribution is -2.15. The Balaban J connectivity index is 1.80. The molecule has 0 spiro atoms. The van der Waals surface area contributed by atoms with E-state index in [2.05, 4.69) is 21.2 Å². The predicted octanol–water partition coefficient (Wildman–Crippen LogP) is 3.75. The molecule has 0 saturated carbocycles. The molecular weight excluding hydrogens is 332 g/mol. The molecule has 2 rings (SSSR count). The topological polar surface area (TPSA) is 64.3 Å². The maximum Gasteiger partial charge on any atom is 0.227 e. The van der Waals surface area contributed by atoms with Crippen molar-refractivity contribution in [3.63, 3.8) is 0 Å². The van der Waals surface area contributed by atoms with Crippen molar-refractivity contribution < 1.29 is 9.53 Å². The lowest BCUT2D eigenvalue weighted by molar-refractivity contribution is -0.116. The van der Waals surface area contributed by atoms with Crippen molar-refractivity contribution in [1.29, 1.82) is 0 Å². The van der Waals surface area contributed by atoms with Gasteiger partial charge in [0, 0.05) is 15.8 Å². The zero-order valence-electron chi connectivity index (χ0n) is 11.7. The van der Waals surface area contributed by atoms with E-state index in [9.17, 15) is 4.79 Å². The molecule has 0 heterocycles. The first-order valence-electron chi connectivity index (χ1n) is 6.58. The molecule has 2 aromatic rings. The molecule has 0 atom stereocenters. The zero-order valence-corrected chi connectivity index (χ0v) is 13.3. The Hall–Kier alpha value is -2.01. The number of nitrogen functional groups attached to an aromatic ring is 1.